The van der Waals surface area contributed by atoms with Crippen molar-refractivity contribution in [2.24, 2.45) is 0 Å². The molecule has 0 atom stereocenters. The van der Waals surface area contributed by atoms with Gasteiger partial charge in [0.2, 0.25) is 5.91 Å². The number of pyridine rings is 1. The molecule has 0 aliphatic carbocycles. The summed E-state index contributed by atoms with van der Waals surface area (Å²) < 4.78 is 98.4. The maximum absolute atomic E-state index is 13.5. The number of methoxy groups -OCH3 is 2. The van der Waals surface area contributed by atoms with Crippen LogP contribution in [0.25, 0.3) is 10.9 Å². The normalized spacial score (nSPS) is 11.8. The topological polar surface area (TPSA) is 133 Å². The molecule has 0 bridgehead atoms. The summed E-state index contributed by atoms with van der Waals surface area (Å²) in [6, 6.07) is 13.5. The third-order valence-electron chi connectivity index (χ3n) is 7.68. The standard InChI is InChI=1S/C24H20F6N2O3.C11H15NO3.2CH2O/c1-3-14-6-7-17(13(2)9-14)32-10-16-18(22(32)33)20(34-11-23(25,26)27)15-5-4-8-31-19(15)21(16)35-12-24(28,29)30;1-12-11(13)7-8-6-9(14-2)4-5-10(8)15-3;2*1-2/h4-9H,3,10-12H2,1-2H3;4-6H,7H2,1-3H3,(H,12,13);2*1H2. The predicted octanol–water partition coefficient (Wildman–Crippen LogP) is 6.77. The molecule has 2 heterocycles. The van der Waals surface area contributed by atoms with E-state index in [4.69, 9.17) is 28.5 Å². The lowest BCUT2D eigenvalue weighted by atomic mass is 10.0. The number of hydrogen-bond acceptors (Lipinski definition) is 9. The van der Waals surface area contributed by atoms with E-state index in [0.29, 0.717) is 11.4 Å². The van der Waals surface area contributed by atoms with Gasteiger partial charge in [0, 0.05) is 35.4 Å². The lowest BCUT2D eigenvalue weighted by Gasteiger charge is -2.19. The minimum Gasteiger partial charge on any atom is -0.497 e. The number of anilines is 1. The molecule has 5 rings (SSSR count). The molecule has 1 aliphatic heterocycles. The van der Waals surface area contributed by atoms with Gasteiger partial charge in [0.25, 0.3) is 5.91 Å². The van der Waals surface area contributed by atoms with Gasteiger partial charge in [-0.1, -0.05) is 19.1 Å². The fraction of sp³-hybridized carbons (Fsp3) is 0.324. The second kappa shape index (κ2) is 19.8. The van der Waals surface area contributed by atoms with Crippen LogP contribution in [0.1, 0.15) is 39.5 Å². The monoisotopic (exact) mass is 767 g/mol. The van der Waals surface area contributed by atoms with Crippen molar-refractivity contribution in [1.82, 2.24) is 10.3 Å². The third kappa shape index (κ3) is 11.3. The summed E-state index contributed by atoms with van der Waals surface area (Å²) >= 11 is 0. The van der Waals surface area contributed by atoms with E-state index < -0.39 is 37.2 Å². The average Bonchev–Trinajstić information content (AvgIpc) is 3.49. The molecule has 3 aromatic carbocycles. The van der Waals surface area contributed by atoms with Gasteiger partial charge in [0.1, 0.15) is 36.3 Å². The maximum Gasteiger partial charge on any atom is 0.422 e. The van der Waals surface area contributed by atoms with Crippen LogP contribution >= 0.6 is 0 Å². The van der Waals surface area contributed by atoms with Gasteiger partial charge < -0.3 is 38.8 Å². The van der Waals surface area contributed by atoms with Crippen LogP contribution in [0, 0.1) is 6.92 Å². The molecule has 0 spiro atoms. The van der Waals surface area contributed by atoms with Crippen LogP contribution in [0.2, 0.25) is 0 Å². The fourth-order valence-corrected chi connectivity index (χ4v) is 5.37. The molecule has 11 nitrogen and oxygen atoms in total. The summed E-state index contributed by atoms with van der Waals surface area (Å²) in [4.78, 5) is 46.1. The van der Waals surface area contributed by atoms with E-state index in [1.807, 2.05) is 26.6 Å². The van der Waals surface area contributed by atoms with Crippen molar-refractivity contribution in [3.63, 3.8) is 0 Å². The number of hydrogen-bond donors (Lipinski definition) is 1. The van der Waals surface area contributed by atoms with E-state index in [-0.39, 0.29) is 46.7 Å². The van der Waals surface area contributed by atoms with Crippen molar-refractivity contribution >= 4 is 42.0 Å². The van der Waals surface area contributed by atoms with Crippen LogP contribution < -0.4 is 29.2 Å². The zero-order valence-electron chi connectivity index (χ0n) is 30.1. The number of carbonyl (C=O) groups excluding carboxylic acids is 4. The highest BCUT2D eigenvalue weighted by atomic mass is 19.4. The zero-order valence-corrected chi connectivity index (χ0v) is 30.1. The van der Waals surface area contributed by atoms with E-state index in [1.165, 1.54) is 23.2 Å². The highest BCUT2D eigenvalue weighted by molar-refractivity contribution is 6.16. The summed E-state index contributed by atoms with van der Waals surface area (Å²) in [6.07, 6.45) is -7.09. The number of aromatic nitrogens is 1. The highest BCUT2D eigenvalue weighted by Crippen LogP contribution is 2.46. The number of benzene rings is 3. The fourth-order valence-electron chi connectivity index (χ4n) is 5.37. The van der Waals surface area contributed by atoms with Gasteiger partial charge in [-0.05, 0) is 60.9 Å². The van der Waals surface area contributed by atoms with E-state index in [9.17, 15) is 35.9 Å². The van der Waals surface area contributed by atoms with Gasteiger partial charge in [0.15, 0.2) is 19.0 Å². The average molecular weight is 768 g/mol. The van der Waals surface area contributed by atoms with E-state index in [0.717, 1.165) is 28.9 Å². The first-order valence-electron chi connectivity index (χ1n) is 15.8. The Morgan fingerprint density at radius 3 is 2.07 bits per heavy atom. The Bertz CT molecular complexity index is 1900. The molecule has 54 heavy (non-hydrogen) atoms. The minimum atomic E-state index is -4.71. The van der Waals surface area contributed by atoms with Crippen LogP contribution in [-0.4, -0.2) is 77.2 Å². The number of halogens is 6. The molecule has 2 amide bonds. The molecule has 0 radical (unpaired) electrons. The number of rotatable bonds is 10. The predicted molar refractivity (Wildman–Crippen MR) is 187 cm³/mol. The Morgan fingerprint density at radius 1 is 0.907 bits per heavy atom. The summed E-state index contributed by atoms with van der Waals surface area (Å²) in [7, 11) is 4.77. The first kappa shape index (κ1) is 44.3. The Kier molecular flexibility index (Phi) is 16.3. The first-order chi connectivity index (χ1) is 25.6. The Balaban J connectivity index is 0.000000444. The maximum atomic E-state index is 13.5. The zero-order chi connectivity index (χ0) is 40.8. The van der Waals surface area contributed by atoms with Crippen LogP contribution in [0.5, 0.6) is 23.0 Å². The van der Waals surface area contributed by atoms with Gasteiger partial charge in [0.05, 0.1) is 32.7 Å². The molecule has 17 heteroatoms. The van der Waals surface area contributed by atoms with Gasteiger partial charge in [-0.15, -0.1) is 0 Å². The molecule has 1 aromatic heterocycles. The van der Waals surface area contributed by atoms with Crippen molar-refractivity contribution in [2.45, 2.75) is 45.6 Å². The molecule has 1 N–H and O–H groups in total. The largest absolute Gasteiger partial charge is 0.497 e. The summed E-state index contributed by atoms with van der Waals surface area (Å²) in [6.45, 7) is 4.15. The molecular formula is C37H39F6N3O8. The summed E-state index contributed by atoms with van der Waals surface area (Å²) in [5, 5.41) is 2.51. The number of likely N-dealkylation sites (N-methyl/N-ethyl adjacent to an activating group) is 1. The highest BCUT2D eigenvalue weighted by Gasteiger charge is 2.40. The number of fused-ring (bicyclic) bond motifs is 2. The molecule has 0 fully saturated rings. The quantitative estimate of drug-likeness (QED) is 0.174. The van der Waals surface area contributed by atoms with Crippen molar-refractivity contribution in [3.8, 4) is 23.0 Å². The summed E-state index contributed by atoms with van der Waals surface area (Å²) in [5.41, 5.74) is 2.62. The molecule has 0 saturated carbocycles. The minimum absolute atomic E-state index is 0.0124. The number of alkyl halides is 6. The van der Waals surface area contributed by atoms with Crippen LogP contribution in [0.15, 0.2) is 54.7 Å². The molecule has 292 valence electrons. The SMILES string of the molecule is C=O.C=O.CCc1ccc(N2Cc3c(c(OCC(F)(F)F)c4cccnc4c3OCC(F)(F)F)C2=O)c(C)c1.CNC(=O)Cc1cc(OC)ccc1OC. The number of amides is 2. The molecule has 0 unspecified atom stereocenters. The number of nitrogens with one attached hydrogen (secondary N) is 1. The number of nitrogens with zero attached hydrogens (tertiary/aromatic N) is 2. The van der Waals surface area contributed by atoms with Gasteiger partial charge in [-0.3, -0.25) is 14.6 Å². The van der Waals surface area contributed by atoms with Crippen LogP contribution in [-0.2, 0) is 33.8 Å². The Hall–Kier alpha value is -5.87. The smallest absolute Gasteiger partial charge is 0.422 e. The van der Waals surface area contributed by atoms with Gasteiger partial charge in [-0.25, -0.2) is 0 Å². The number of carbonyl (C=O) groups is 4. The molecule has 0 saturated heterocycles. The Morgan fingerprint density at radius 2 is 1.54 bits per heavy atom. The van der Waals surface area contributed by atoms with E-state index in [1.54, 1.807) is 58.5 Å². The van der Waals surface area contributed by atoms with Gasteiger partial charge >= 0.3 is 12.4 Å². The van der Waals surface area contributed by atoms with Crippen LogP contribution in [0.4, 0.5) is 32.0 Å². The second-order valence-corrected chi connectivity index (χ2v) is 11.1. The van der Waals surface area contributed by atoms with E-state index >= 15 is 0 Å². The molecule has 4 aromatic rings. The van der Waals surface area contributed by atoms with Crippen molar-refractivity contribution in [3.05, 3.63) is 82.5 Å². The molecular weight excluding hydrogens is 728 g/mol. The number of ether oxygens (including phenoxy) is 4. The molecule has 1 aliphatic rings. The lowest BCUT2D eigenvalue weighted by Crippen LogP contribution is -2.25. The van der Waals surface area contributed by atoms with E-state index in [2.05, 4.69) is 10.3 Å². The number of aryl methyl sites for hydroxylation is 2. The summed E-state index contributed by atoms with van der Waals surface area (Å²) in [5.74, 6) is -0.0520. The lowest BCUT2D eigenvalue weighted by molar-refractivity contribution is -0.154. The van der Waals surface area contributed by atoms with Crippen molar-refractivity contribution < 1.29 is 64.5 Å². The van der Waals surface area contributed by atoms with Crippen molar-refractivity contribution in [2.75, 3.05) is 39.4 Å². The van der Waals surface area contributed by atoms with Gasteiger partial charge in [-0.2, -0.15) is 26.3 Å². The first-order valence-corrected chi connectivity index (χ1v) is 15.8. The van der Waals surface area contributed by atoms with Crippen molar-refractivity contribution in [1.29, 1.82) is 0 Å². The second-order valence-electron chi connectivity index (χ2n) is 11.1. The van der Waals surface area contributed by atoms with Crippen LogP contribution in [0.3, 0.4) is 0 Å². The third-order valence-corrected chi connectivity index (χ3v) is 7.68. The Labute approximate surface area is 307 Å².